The summed E-state index contributed by atoms with van der Waals surface area (Å²) in [4.78, 5) is 22.2. The molecule has 0 saturated carbocycles. The van der Waals surface area contributed by atoms with E-state index in [1.54, 1.807) is 6.20 Å². The number of piperazine rings is 1. The largest absolute Gasteiger partial charge is 0.379 e. The number of Topliss-reactive ketones (excluding diaryl/α,β-unsaturated/α-hetero) is 1. The molecule has 2 aliphatic heterocycles. The van der Waals surface area contributed by atoms with Crippen molar-refractivity contribution in [2.45, 2.75) is 31.9 Å². The van der Waals surface area contributed by atoms with Crippen LogP contribution in [-0.4, -0.2) is 84.8 Å². The van der Waals surface area contributed by atoms with Crippen LogP contribution in [0.4, 0.5) is 0 Å². The van der Waals surface area contributed by atoms with Crippen LogP contribution in [0.5, 0.6) is 0 Å². The fourth-order valence-corrected chi connectivity index (χ4v) is 3.68. The molecular formula is C19H29N3O3. The lowest BCUT2D eigenvalue weighted by molar-refractivity contribution is 0.00935. The third-order valence-corrected chi connectivity index (χ3v) is 5.16. The highest BCUT2D eigenvalue weighted by Crippen LogP contribution is 2.30. The van der Waals surface area contributed by atoms with Gasteiger partial charge in [-0.3, -0.25) is 19.6 Å². The predicted octanol–water partition coefficient (Wildman–Crippen LogP) is 1.47. The minimum absolute atomic E-state index is 0.0993. The number of ether oxygens (including phenoxy) is 2. The van der Waals surface area contributed by atoms with Crippen molar-refractivity contribution in [2.24, 2.45) is 0 Å². The van der Waals surface area contributed by atoms with Gasteiger partial charge in [-0.2, -0.15) is 0 Å². The van der Waals surface area contributed by atoms with Crippen molar-refractivity contribution >= 4 is 5.78 Å². The molecule has 2 aliphatic rings. The Labute approximate surface area is 150 Å². The van der Waals surface area contributed by atoms with Crippen LogP contribution in [0, 0.1) is 0 Å². The summed E-state index contributed by atoms with van der Waals surface area (Å²) in [6.07, 6.45) is 2.71. The first-order valence-corrected chi connectivity index (χ1v) is 9.24. The van der Waals surface area contributed by atoms with E-state index < -0.39 is 5.54 Å². The minimum atomic E-state index is -0.547. The molecule has 0 unspecified atom stereocenters. The molecule has 3 rings (SSSR count). The zero-order valence-electron chi connectivity index (χ0n) is 15.3. The first kappa shape index (κ1) is 18.5. The Morgan fingerprint density at radius 3 is 2.72 bits per heavy atom. The number of rotatable bonds is 7. The lowest BCUT2D eigenvalue weighted by Gasteiger charge is -2.44. The Hall–Kier alpha value is -1.34. The van der Waals surface area contributed by atoms with Gasteiger partial charge in [-0.15, -0.1) is 0 Å². The average Bonchev–Trinajstić information content (AvgIpc) is 3.13. The van der Waals surface area contributed by atoms with E-state index in [0.717, 1.165) is 45.8 Å². The summed E-state index contributed by atoms with van der Waals surface area (Å²) in [6.45, 7) is 10.6. The number of hydrogen-bond donors (Lipinski definition) is 0. The molecule has 0 amide bonds. The van der Waals surface area contributed by atoms with Gasteiger partial charge in [-0.25, -0.2) is 0 Å². The Bertz CT molecular complexity index is 550. The van der Waals surface area contributed by atoms with Gasteiger partial charge in [0.25, 0.3) is 0 Å². The van der Waals surface area contributed by atoms with Crippen molar-refractivity contribution in [3.05, 3.63) is 30.1 Å². The van der Waals surface area contributed by atoms with Crippen molar-refractivity contribution in [2.75, 3.05) is 52.5 Å². The summed E-state index contributed by atoms with van der Waals surface area (Å²) in [5.74, 6) is 0.0993. The van der Waals surface area contributed by atoms with E-state index in [1.165, 1.54) is 0 Å². The number of pyridine rings is 1. The molecule has 1 aromatic heterocycles. The van der Waals surface area contributed by atoms with E-state index in [4.69, 9.17) is 9.47 Å². The molecule has 0 aromatic carbocycles. The molecule has 0 radical (unpaired) electrons. The summed E-state index contributed by atoms with van der Waals surface area (Å²) < 4.78 is 11.3. The number of hydrogen-bond acceptors (Lipinski definition) is 6. The fourth-order valence-electron chi connectivity index (χ4n) is 3.68. The van der Waals surface area contributed by atoms with E-state index in [0.29, 0.717) is 18.9 Å². The Morgan fingerprint density at radius 1 is 1.32 bits per heavy atom. The second-order valence-corrected chi connectivity index (χ2v) is 7.13. The van der Waals surface area contributed by atoms with Crippen LogP contribution in [0.1, 0.15) is 30.8 Å². The fraction of sp³-hybridized carbons (Fsp3) is 0.684. The van der Waals surface area contributed by atoms with Gasteiger partial charge in [-0.1, -0.05) is 6.07 Å². The molecule has 3 heterocycles. The van der Waals surface area contributed by atoms with Crippen LogP contribution in [-0.2, 0) is 9.47 Å². The van der Waals surface area contributed by atoms with Crippen LogP contribution in [0.15, 0.2) is 24.4 Å². The molecule has 138 valence electrons. The second-order valence-electron chi connectivity index (χ2n) is 7.13. The molecule has 0 aliphatic carbocycles. The quantitative estimate of drug-likeness (QED) is 0.696. The van der Waals surface area contributed by atoms with Crippen LogP contribution in [0.3, 0.4) is 0 Å². The Kier molecular flexibility index (Phi) is 6.17. The average molecular weight is 347 g/mol. The zero-order chi connectivity index (χ0) is 17.7. The lowest BCUT2D eigenvalue weighted by Crippen LogP contribution is -2.61. The molecule has 2 saturated heterocycles. The maximum atomic E-state index is 13.2. The number of carbonyl (C=O) groups excluding carboxylic acids is 1. The monoisotopic (exact) mass is 347 g/mol. The molecule has 0 spiro atoms. The van der Waals surface area contributed by atoms with Gasteiger partial charge in [0.2, 0.25) is 5.78 Å². The molecule has 1 aromatic rings. The first-order chi connectivity index (χ1) is 12.1. The van der Waals surface area contributed by atoms with Gasteiger partial charge in [0, 0.05) is 45.5 Å². The smallest absolute Gasteiger partial charge is 0.203 e. The maximum absolute atomic E-state index is 13.2. The van der Waals surface area contributed by atoms with Crippen molar-refractivity contribution in [3.8, 4) is 0 Å². The van der Waals surface area contributed by atoms with Gasteiger partial charge < -0.3 is 9.47 Å². The molecule has 0 bridgehead atoms. The molecule has 1 atom stereocenters. The van der Waals surface area contributed by atoms with Crippen LogP contribution < -0.4 is 0 Å². The van der Waals surface area contributed by atoms with E-state index in [9.17, 15) is 4.79 Å². The summed E-state index contributed by atoms with van der Waals surface area (Å²) in [7, 11) is 0. The highest BCUT2D eigenvalue weighted by molar-refractivity contribution is 6.02. The van der Waals surface area contributed by atoms with E-state index in [1.807, 2.05) is 18.2 Å². The number of aromatic nitrogens is 1. The summed E-state index contributed by atoms with van der Waals surface area (Å²) >= 11 is 0. The van der Waals surface area contributed by atoms with Gasteiger partial charge in [0.05, 0.1) is 19.3 Å². The normalized spacial score (nSPS) is 25.6. The molecular weight excluding hydrogens is 318 g/mol. The molecule has 6 nitrogen and oxygen atoms in total. The van der Waals surface area contributed by atoms with Gasteiger partial charge in [0.15, 0.2) is 0 Å². The van der Waals surface area contributed by atoms with E-state index >= 15 is 0 Å². The summed E-state index contributed by atoms with van der Waals surface area (Å²) in [5, 5.41) is 0. The lowest BCUT2D eigenvalue weighted by atomic mass is 9.88. The Balaban J connectivity index is 1.62. The Morgan fingerprint density at radius 2 is 2.12 bits per heavy atom. The van der Waals surface area contributed by atoms with Crippen LogP contribution in [0.2, 0.25) is 0 Å². The van der Waals surface area contributed by atoms with Crippen molar-refractivity contribution < 1.29 is 14.3 Å². The van der Waals surface area contributed by atoms with Crippen LogP contribution in [0.25, 0.3) is 0 Å². The third-order valence-electron chi connectivity index (χ3n) is 5.16. The summed E-state index contributed by atoms with van der Waals surface area (Å²) in [6, 6.07) is 5.52. The molecule has 25 heavy (non-hydrogen) atoms. The number of carbonyl (C=O) groups is 1. The molecule has 2 fully saturated rings. The topological polar surface area (TPSA) is 54.9 Å². The van der Waals surface area contributed by atoms with Crippen molar-refractivity contribution in [3.63, 3.8) is 0 Å². The van der Waals surface area contributed by atoms with Gasteiger partial charge >= 0.3 is 0 Å². The standard InChI is InChI=1S/C19H29N3O3/c1-16(2)25-14-12-21-8-10-22(11-9-21)19(6-13-24-15-19)18(23)17-5-3-4-7-20-17/h3-5,7,16H,6,8-15H2,1-2H3/t19-/m0/s1. The van der Waals surface area contributed by atoms with Crippen LogP contribution >= 0.6 is 0 Å². The minimum Gasteiger partial charge on any atom is -0.379 e. The number of ketones is 1. The van der Waals surface area contributed by atoms with E-state index in [2.05, 4.69) is 28.6 Å². The van der Waals surface area contributed by atoms with Crippen molar-refractivity contribution in [1.29, 1.82) is 0 Å². The summed E-state index contributed by atoms with van der Waals surface area (Å²) in [5.41, 5.74) is -0.00438. The SMILES string of the molecule is CC(C)OCCN1CCN([C@@]2(C(=O)c3ccccn3)CCOC2)CC1. The third kappa shape index (κ3) is 4.26. The highest BCUT2D eigenvalue weighted by Gasteiger charge is 2.48. The number of nitrogens with zero attached hydrogens (tertiary/aromatic N) is 3. The molecule has 0 N–H and O–H groups in total. The molecule has 6 heteroatoms. The van der Waals surface area contributed by atoms with Crippen molar-refractivity contribution in [1.82, 2.24) is 14.8 Å². The first-order valence-electron chi connectivity index (χ1n) is 9.24. The highest BCUT2D eigenvalue weighted by atomic mass is 16.5. The maximum Gasteiger partial charge on any atom is 0.203 e. The van der Waals surface area contributed by atoms with E-state index in [-0.39, 0.29) is 11.9 Å². The van der Waals surface area contributed by atoms with Gasteiger partial charge in [-0.05, 0) is 32.4 Å². The van der Waals surface area contributed by atoms with Gasteiger partial charge in [0.1, 0.15) is 11.2 Å². The zero-order valence-corrected chi connectivity index (χ0v) is 15.3. The second kappa shape index (κ2) is 8.36. The predicted molar refractivity (Wildman–Crippen MR) is 95.8 cm³/mol.